The zero-order valence-corrected chi connectivity index (χ0v) is 9.42. The van der Waals surface area contributed by atoms with Crippen molar-refractivity contribution in [1.29, 1.82) is 0 Å². The van der Waals surface area contributed by atoms with Gasteiger partial charge in [-0.05, 0) is 25.8 Å². The molecule has 1 aliphatic rings. The van der Waals surface area contributed by atoms with Crippen LogP contribution in [0, 0.1) is 0 Å². The van der Waals surface area contributed by atoms with Crippen molar-refractivity contribution in [3.63, 3.8) is 0 Å². The third-order valence-corrected chi connectivity index (χ3v) is 2.82. The van der Waals surface area contributed by atoms with E-state index in [1.165, 1.54) is 19.3 Å². The first-order chi connectivity index (χ1) is 6.74. The Bertz CT molecular complexity index is 144. The molecule has 0 aromatic heterocycles. The van der Waals surface area contributed by atoms with Crippen molar-refractivity contribution in [2.75, 3.05) is 13.2 Å². The molecule has 0 spiro atoms. The molecule has 0 saturated carbocycles. The van der Waals surface area contributed by atoms with E-state index in [2.05, 4.69) is 24.5 Å². The number of hydrogen-bond donors (Lipinski definition) is 3. The van der Waals surface area contributed by atoms with Gasteiger partial charge in [0.2, 0.25) is 0 Å². The zero-order chi connectivity index (χ0) is 10.4. The molecule has 2 atom stereocenters. The molecule has 1 aliphatic heterocycles. The third kappa shape index (κ3) is 3.95. The second-order valence-corrected chi connectivity index (χ2v) is 4.50. The average molecular weight is 200 g/mol. The standard InChI is InChI=1S/C11H24N2O/c1-9(2)13-11(6-8-14)10-5-3-4-7-12-10/h9-14H,3-8H2,1-2H3/t10-,11-/m1/s1. The van der Waals surface area contributed by atoms with Crippen LogP contribution in [0.4, 0.5) is 0 Å². The summed E-state index contributed by atoms with van der Waals surface area (Å²) in [5, 5.41) is 16.1. The fourth-order valence-electron chi connectivity index (χ4n) is 2.19. The van der Waals surface area contributed by atoms with Crippen LogP contribution < -0.4 is 10.6 Å². The lowest BCUT2D eigenvalue weighted by Crippen LogP contribution is -2.52. The number of hydrogen-bond acceptors (Lipinski definition) is 3. The third-order valence-electron chi connectivity index (χ3n) is 2.82. The maximum Gasteiger partial charge on any atom is 0.0446 e. The average Bonchev–Trinajstić information content (AvgIpc) is 2.18. The minimum atomic E-state index is 0.280. The van der Waals surface area contributed by atoms with Gasteiger partial charge in [-0.3, -0.25) is 0 Å². The van der Waals surface area contributed by atoms with Crippen molar-refractivity contribution in [3.05, 3.63) is 0 Å². The maximum atomic E-state index is 9.01. The Morgan fingerprint density at radius 3 is 2.71 bits per heavy atom. The minimum Gasteiger partial charge on any atom is -0.396 e. The van der Waals surface area contributed by atoms with Gasteiger partial charge >= 0.3 is 0 Å². The van der Waals surface area contributed by atoms with Crippen molar-refractivity contribution in [2.45, 2.75) is 57.7 Å². The van der Waals surface area contributed by atoms with E-state index in [-0.39, 0.29) is 6.61 Å². The first-order valence-corrected chi connectivity index (χ1v) is 5.84. The van der Waals surface area contributed by atoms with Gasteiger partial charge in [-0.1, -0.05) is 20.3 Å². The van der Waals surface area contributed by atoms with Crippen LogP contribution in [0.1, 0.15) is 39.5 Å². The van der Waals surface area contributed by atoms with Crippen LogP contribution in [-0.4, -0.2) is 36.4 Å². The van der Waals surface area contributed by atoms with Crippen molar-refractivity contribution in [2.24, 2.45) is 0 Å². The highest BCUT2D eigenvalue weighted by atomic mass is 16.3. The van der Waals surface area contributed by atoms with E-state index < -0.39 is 0 Å². The molecule has 1 fully saturated rings. The molecule has 0 aromatic rings. The summed E-state index contributed by atoms with van der Waals surface area (Å²) in [5.41, 5.74) is 0. The molecule has 1 heterocycles. The molecule has 1 rings (SSSR count). The van der Waals surface area contributed by atoms with Crippen LogP contribution in [0.3, 0.4) is 0 Å². The smallest absolute Gasteiger partial charge is 0.0446 e. The second-order valence-electron chi connectivity index (χ2n) is 4.50. The predicted molar refractivity (Wildman–Crippen MR) is 59.4 cm³/mol. The second kappa shape index (κ2) is 6.38. The highest BCUT2D eigenvalue weighted by molar-refractivity contribution is 4.85. The summed E-state index contributed by atoms with van der Waals surface area (Å²) in [5.74, 6) is 0. The van der Waals surface area contributed by atoms with Crippen LogP contribution in [0.15, 0.2) is 0 Å². The molecule has 0 radical (unpaired) electrons. The first-order valence-electron chi connectivity index (χ1n) is 5.84. The van der Waals surface area contributed by atoms with Gasteiger partial charge in [0, 0.05) is 24.7 Å². The molecule has 3 N–H and O–H groups in total. The molecule has 0 bridgehead atoms. The summed E-state index contributed by atoms with van der Waals surface area (Å²) < 4.78 is 0. The minimum absolute atomic E-state index is 0.280. The van der Waals surface area contributed by atoms with Crippen LogP contribution in [-0.2, 0) is 0 Å². The van der Waals surface area contributed by atoms with Gasteiger partial charge in [-0.2, -0.15) is 0 Å². The molecule has 3 nitrogen and oxygen atoms in total. The summed E-state index contributed by atoms with van der Waals surface area (Å²) in [4.78, 5) is 0. The topological polar surface area (TPSA) is 44.3 Å². The quantitative estimate of drug-likeness (QED) is 0.617. The number of aliphatic hydroxyl groups excluding tert-OH is 1. The molecular weight excluding hydrogens is 176 g/mol. The summed E-state index contributed by atoms with van der Waals surface area (Å²) in [6.07, 6.45) is 4.71. The fraction of sp³-hybridized carbons (Fsp3) is 1.00. The molecule has 1 saturated heterocycles. The van der Waals surface area contributed by atoms with Crippen molar-refractivity contribution in [1.82, 2.24) is 10.6 Å². The Labute approximate surface area is 87.3 Å². The Morgan fingerprint density at radius 1 is 1.43 bits per heavy atom. The zero-order valence-electron chi connectivity index (χ0n) is 9.42. The summed E-state index contributed by atoms with van der Waals surface area (Å²) in [6.45, 7) is 5.73. The fourth-order valence-corrected chi connectivity index (χ4v) is 2.19. The maximum absolute atomic E-state index is 9.01. The van der Waals surface area contributed by atoms with E-state index >= 15 is 0 Å². The first kappa shape index (κ1) is 12.0. The van der Waals surface area contributed by atoms with Gasteiger partial charge in [0.1, 0.15) is 0 Å². The van der Waals surface area contributed by atoms with E-state index in [1.807, 2.05) is 0 Å². The van der Waals surface area contributed by atoms with Crippen LogP contribution in [0.5, 0.6) is 0 Å². The van der Waals surface area contributed by atoms with Gasteiger partial charge in [0.15, 0.2) is 0 Å². The lowest BCUT2D eigenvalue weighted by atomic mass is 9.95. The molecule has 0 unspecified atom stereocenters. The summed E-state index contributed by atoms with van der Waals surface area (Å²) >= 11 is 0. The van der Waals surface area contributed by atoms with Gasteiger partial charge in [-0.25, -0.2) is 0 Å². The Balaban J connectivity index is 2.38. The Kier molecular flexibility index (Phi) is 5.45. The molecule has 0 amide bonds. The van der Waals surface area contributed by atoms with E-state index in [9.17, 15) is 0 Å². The lowest BCUT2D eigenvalue weighted by molar-refractivity contribution is 0.222. The van der Waals surface area contributed by atoms with Gasteiger partial charge in [0.05, 0.1) is 0 Å². The largest absolute Gasteiger partial charge is 0.396 e. The molecule has 0 aromatic carbocycles. The Hall–Kier alpha value is -0.120. The molecule has 84 valence electrons. The summed E-state index contributed by atoms with van der Waals surface area (Å²) in [6, 6.07) is 1.48. The molecular formula is C11H24N2O. The number of nitrogens with one attached hydrogen (secondary N) is 2. The predicted octanol–water partition coefficient (Wildman–Crippen LogP) is 0.877. The van der Waals surface area contributed by atoms with Crippen molar-refractivity contribution >= 4 is 0 Å². The highest BCUT2D eigenvalue weighted by Crippen LogP contribution is 2.13. The van der Waals surface area contributed by atoms with Crippen LogP contribution in [0.25, 0.3) is 0 Å². The van der Waals surface area contributed by atoms with Crippen LogP contribution in [0.2, 0.25) is 0 Å². The van der Waals surface area contributed by atoms with E-state index in [0.29, 0.717) is 18.1 Å². The molecule has 0 aliphatic carbocycles. The van der Waals surface area contributed by atoms with Gasteiger partial charge < -0.3 is 15.7 Å². The lowest BCUT2D eigenvalue weighted by Gasteiger charge is -2.33. The van der Waals surface area contributed by atoms with Gasteiger partial charge in [-0.15, -0.1) is 0 Å². The highest BCUT2D eigenvalue weighted by Gasteiger charge is 2.22. The molecule has 3 heteroatoms. The van der Waals surface area contributed by atoms with Crippen molar-refractivity contribution < 1.29 is 5.11 Å². The number of rotatable bonds is 5. The summed E-state index contributed by atoms with van der Waals surface area (Å²) in [7, 11) is 0. The SMILES string of the molecule is CC(C)N[C@H](CCO)[C@H]1CCCCN1. The van der Waals surface area contributed by atoms with Crippen LogP contribution >= 0.6 is 0 Å². The number of aliphatic hydroxyl groups is 1. The van der Waals surface area contributed by atoms with Crippen molar-refractivity contribution in [3.8, 4) is 0 Å². The molecule has 14 heavy (non-hydrogen) atoms. The monoisotopic (exact) mass is 200 g/mol. The normalized spacial score (nSPS) is 25.3. The van der Waals surface area contributed by atoms with E-state index in [0.717, 1.165) is 13.0 Å². The van der Waals surface area contributed by atoms with E-state index in [4.69, 9.17) is 5.11 Å². The Morgan fingerprint density at radius 2 is 2.21 bits per heavy atom. The van der Waals surface area contributed by atoms with E-state index in [1.54, 1.807) is 0 Å². The number of piperidine rings is 1. The van der Waals surface area contributed by atoms with Gasteiger partial charge in [0.25, 0.3) is 0 Å².